The monoisotopic (exact) mass is 349 g/mol. The number of hydrogen-bond acceptors (Lipinski definition) is 4. The fourth-order valence-corrected chi connectivity index (χ4v) is 3.40. The Bertz CT molecular complexity index is 890. The molecule has 0 bridgehead atoms. The molecule has 0 aliphatic heterocycles. The molecular formula is C20H19N3O3. The predicted octanol–water partition coefficient (Wildman–Crippen LogP) is 2.94. The van der Waals surface area contributed by atoms with Gasteiger partial charge in [0.25, 0.3) is 0 Å². The maximum absolute atomic E-state index is 12.1. The number of carbonyl (C=O) groups is 1. The summed E-state index contributed by atoms with van der Waals surface area (Å²) in [4.78, 5) is 12.1. The molecule has 26 heavy (non-hydrogen) atoms. The van der Waals surface area contributed by atoms with Crippen LogP contribution in [0.4, 0.5) is 4.79 Å². The second kappa shape index (κ2) is 7.01. The van der Waals surface area contributed by atoms with E-state index in [9.17, 15) is 4.79 Å². The van der Waals surface area contributed by atoms with Crippen LogP contribution in [0.15, 0.2) is 54.6 Å². The Morgan fingerprint density at radius 3 is 2.38 bits per heavy atom. The summed E-state index contributed by atoms with van der Waals surface area (Å²) in [7, 11) is 0. The minimum Gasteiger partial charge on any atom is -0.449 e. The summed E-state index contributed by atoms with van der Waals surface area (Å²) in [5, 5.41) is 18.4. The number of nitrogens with one attached hydrogen (secondary N) is 2. The van der Waals surface area contributed by atoms with Gasteiger partial charge in [0.2, 0.25) is 0 Å². The molecular weight excluding hydrogens is 330 g/mol. The number of nitrogens with zero attached hydrogens (tertiary/aromatic N) is 1. The number of H-pyrrole nitrogens is 1. The number of aliphatic hydroxyl groups excluding tert-OH is 1. The predicted molar refractivity (Wildman–Crippen MR) is 96.4 cm³/mol. The molecule has 0 fully saturated rings. The molecule has 1 aromatic heterocycles. The van der Waals surface area contributed by atoms with Gasteiger partial charge in [-0.15, -0.1) is 0 Å². The lowest BCUT2D eigenvalue weighted by Crippen LogP contribution is -2.25. The molecule has 132 valence electrons. The van der Waals surface area contributed by atoms with E-state index in [0.717, 1.165) is 0 Å². The van der Waals surface area contributed by atoms with Crippen molar-refractivity contribution in [2.75, 3.05) is 6.61 Å². The molecule has 0 radical (unpaired) electrons. The third-order valence-electron chi connectivity index (χ3n) is 4.61. The molecule has 3 N–H and O–H groups in total. The van der Waals surface area contributed by atoms with E-state index in [0.29, 0.717) is 11.4 Å². The first-order chi connectivity index (χ1) is 12.8. The van der Waals surface area contributed by atoms with Gasteiger partial charge < -0.3 is 15.2 Å². The summed E-state index contributed by atoms with van der Waals surface area (Å²) < 4.78 is 5.46. The molecule has 4 rings (SSSR count). The van der Waals surface area contributed by atoms with E-state index in [1.54, 1.807) is 6.07 Å². The molecule has 0 spiro atoms. The van der Waals surface area contributed by atoms with E-state index in [4.69, 9.17) is 9.84 Å². The van der Waals surface area contributed by atoms with Crippen LogP contribution in [0.1, 0.15) is 28.4 Å². The average Bonchev–Trinajstić information content (AvgIpc) is 3.27. The van der Waals surface area contributed by atoms with Gasteiger partial charge in [-0.3, -0.25) is 5.10 Å². The number of benzene rings is 2. The second-order valence-corrected chi connectivity index (χ2v) is 6.22. The molecule has 0 unspecified atom stereocenters. The molecule has 6 nitrogen and oxygen atoms in total. The van der Waals surface area contributed by atoms with Crippen molar-refractivity contribution in [2.24, 2.45) is 0 Å². The number of aromatic amines is 1. The third kappa shape index (κ3) is 3.07. The van der Waals surface area contributed by atoms with Crippen LogP contribution in [0.2, 0.25) is 0 Å². The Kier molecular flexibility index (Phi) is 4.41. The van der Waals surface area contributed by atoms with Crippen LogP contribution in [0.5, 0.6) is 0 Å². The van der Waals surface area contributed by atoms with E-state index in [2.05, 4.69) is 39.8 Å². The summed E-state index contributed by atoms with van der Waals surface area (Å²) in [5.41, 5.74) is 6.01. The zero-order valence-corrected chi connectivity index (χ0v) is 14.1. The van der Waals surface area contributed by atoms with Gasteiger partial charge in [0, 0.05) is 5.92 Å². The van der Waals surface area contributed by atoms with Gasteiger partial charge >= 0.3 is 6.09 Å². The highest BCUT2D eigenvalue weighted by Gasteiger charge is 2.28. The molecule has 1 aliphatic carbocycles. The molecule has 2 aromatic carbocycles. The zero-order valence-electron chi connectivity index (χ0n) is 14.1. The number of rotatable bonds is 5. The molecule has 0 atom stereocenters. The van der Waals surface area contributed by atoms with E-state index in [-0.39, 0.29) is 25.7 Å². The molecule has 1 amide bonds. The fraction of sp³-hybridized carbons (Fsp3) is 0.200. The van der Waals surface area contributed by atoms with E-state index < -0.39 is 6.09 Å². The lowest BCUT2D eigenvalue weighted by molar-refractivity contribution is 0.142. The first kappa shape index (κ1) is 16.4. The number of alkyl carbamates (subject to hydrolysis) is 1. The van der Waals surface area contributed by atoms with Crippen LogP contribution in [0, 0.1) is 0 Å². The Morgan fingerprint density at radius 1 is 1.12 bits per heavy atom. The number of hydrogen-bond donors (Lipinski definition) is 3. The van der Waals surface area contributed by atoms with Crippen molar-refractivity contribution in [1.29, 1.82) is 0 Å². The van der Waals surface area contributed by atoms with Crippen molar-refractivity contribution >= 4 is 6.09 Å². The smallest absolute Gasteiger partial charge is 0.407 e. The SMILES string of the molecule is O=C(NCc1cc(CO)n[nH]1)OCC1c2ccccc2-c2ccccc21. The largest absolute Gasteiger partial charge is 0.449 e. The van der Waals surface area contributed by atoms with Crippen LogP contribution in [0.25, 0.3) is 11.1 Å². The fourth-order valence-electron chi connectivity index (χ4n) is 3.40. The van der Waals surface area contributed by atoms with Gasteiger partial charge in [-0.25, -0.2) is 4.79 Å². The number of carbonyl (C=O) groups excluding carboxylic acids is 1. The number of aromatic nitrogens is 2. The Hall–Kier alpha value is -3.12. The van der Waals surface area contributed by atoms with Crippen molar-refractivity contribution in [3.8, 4) is 11.1 Å². The van der Waals surface area contributed by atoms with Gasteiger partial charge in [-0.1, -0.05) is 48.5 Å². The van der Waals surface area contributed by atoms with Crippen LogP contribution in [-0.2, 0) is 17.9 Å². The lowest BCUT2D eigenvalue weighted by Gasteiger charge is -2.14. The van der Waals surface area contributed by atoms with Crippen LogP contribution >= 0.6 is 0 Å². The first-order valence-electron chi connectivity index (χ1n) is 8.49. The van der Waals surface area contributed by atoms with Crippen LogP contribution < -0.4 is 5.32 Å². The average molecular weight is 349 g/mol. The number of ether oxygens (including phenoxy) is 1. The third-order valence-corrected chi connectivity index (χ3v) is 4.61. The Balaban J connectivity index is 1.40. The van der Waals surface area contributed by atoms with Crippen molar-refractivity contribution in [3.05, 3.63) is 77.1 Å². The Labute approximate surface area is 150 Å². The number of fused-ring (bicyclic) bond motifs is 3. The van der Waals surface area contributed by atoms with Gasteiger partial charge in [0.15, 0.2) is 0 Å². The van der Waals surface area contributed by atoms with Crippen LogP contribution in [-0.4, -0.2) is 28.0 Å². The van der Waals surface area contributed by atoms with Gasteiger partial charge in [0.1, 0.15) is 6.61 Å². The molecule has 3 aromatic rings. The van der Waals surface area contributed by atoms with Crippen molar-refractivity contribution in [2.45, 2.75) is 19.1 Å². The van der Waals surface area contributed by atoms with Crippen molar-refractivity contribution < 1.29 is 14.6 Å². The van der Waals surface area contributed by atoms with Crippen LogP contribution in [0.3, 0.4) is 0 Å². The second-order valence-electron chi connectivity index (χ2n) is 6.22. The quantitative estimate of drug-likeness (QED) is 0.661. The highest BCUT2D eigenvalue weighted by molar-refractivity contribution is 5.79. The summed E-state index contributed by atoms with van der Waals surface area (Å²) in [6, 6.07) is 18.1. The van der Waals surface area contributed by atoms with E-state index >= 15 is 0 Å². The normalized spacial score (nSPS) is 12.5. The first-order valence-corrected chi connectivity index (χ1v) is 8.49. The zero-order chi connectivity index (χ0) is 17.9. The summed E-state index contributed by atoms with van der Waals surface area (Å²) in [5.74, 6) is 0.0429. The maximum atomic E-state index is 12.1. The molecule has 6 heteroatoms. The minimum absolute atomic E-state index is 0.0429. The molecule has 0 saturated carbocycles. The topological polar surface area (TPSA) is 87.2 Å². The summed E-state index contributed by atoms with van der Waals surface area (Å²) in [6.07, 6.45) is -0.480. The summed E-state index contributed by atoms with van der Waals surface area (Å²) in [6.45, 7) is 0.413. The number of aliphatic hydroxyl groups is 1. The molecule has 1 aliphatic rings. The summed E-state index contributed by atoms with van der Waals surface area (Å²) >= 11 is 0. The van der Waals surface area contributed by atoms with Gasteiger partial charge in [-0.2, -0.15) is 5.10 Å². The standard InChI is InChI=1S/C20H19N3O3/c24-11-14-9-13(22-23-14)10-21-20(25)26-12-19-17-7-3-1-5-15(17)16-6-2-4-8-18(16)19/h1-9,19,24H,10-12H2,(H,21,25)(H,22,23). The maximum Gasteiger partial charge on any atom is 0.407 e. The van der Waals surface area contributed by atoms with Gasteiger partial charge in [-0.05, 0) is 28.3 Å². The van der Waals surface area contributed by atoms with Crippen molar-refractivity contribution in [3.63, 3.8) is 0 Å². The molecule has 0 saturated heterocycles. The van der Waals surface area contributed by atoms with E-state index in [1.165, 1.54) is 22.3 Å². The highest BCUT2D eigenvalue weighted by atomic mass is 16.5. The highest BCUT2D eigenvalue weighted by Crippen LogP contribution is 2.44. The minimum atomic E-state index is -0.480. The molecule has 1 heterocycles. The van der Waals surface area contributed by atoms with Crippen molar-refractivity contribution in [1.82, 2.24) is 15.5 Å². The number of amides is 1. The lowest BCUT2D eigenvalue weighted by atomic mass is 9.98. The van der Waals surface area contributed by atoms with E-state index in [1.807, 2.05) is 24.3 Å². The Morgan fingerprint density at radius 2 is 1.77 bits per heavy atom. The van der Waals surface area contributed by atoms with Gasteiger partial charge in [0.05, 0.1) is 24.5 Å².